The van der Waals surface area contributed by atoms with E-state index in [-0.39, 0.29) is 23.6 Å². The predicted octanol–water partition coefficient (Wildman–Crippen LogP) is 3.41. The van der Waals surface area contributed by atoms with Crippen LogP contribution in [0.2, 0.25) is 0 Å². The first-order chi connectivity index (χ1) is 13.6. The summed E-state index contributed by atoms with van der Waals surface area (Å²) < 4.78 is 0. The van der Waals surface area contributed by atoms with Crippen LogP contribution in [0.25, 0.3) is 0 Å². The van der Waals surface area contributed by atoms with Gasteiger partial charge in [-0.1, -0.05) is 18.2 Å². The molecular weight excluding hydrogens is 354 g/mol. The van der Waals surface area contributed by atoms with Gasteiger partial charge in [0.25, 0.3) is 5.91 Å². The third kappa shape index (κ3) is 4.39. The molecule has 0 unspecified atom stereocenters. The lowest BCUT2D eigenvalue weighted by atomic mass is 10.1. The van der Waals surface area contributed by atoms with Gasteiger partial charge in [-0.3, -0.25) is 14.4 Å². The highest BCUT2D eigenvalue weighted by atomic mass is 16.2. The molecule has 0 aromatic heterocycles. The van der Waals surface area contributed by atoms with Gasteiger partial charge in [-0.05, 0) is 55.2 Å². The monoisotopic (exact) mass is 377 g/mol. The Morgan fingerprint density at radius 3 is 2.36 bits per heavy atom. The highest BCUT2D eigenvalue weighted by molar-refractivity contribution is 6.04. The van der Waals surface area contributed by atoms with Crippen LogP contribution >= 0.6 is 0 Å². The van der Waals surface area contributed by atoms with Crippen molar-refractivity contribution in [1.29, 1.82) is 0 Å². The van der Waals surface area contributed by atoms with Gasteiger partial charge in [0.05, 0.1) is 0 Å². The fourth-order valence-electron chi connectivity index (χ4n) is 3.32. The molecule has 1 aliphatic carbocycles. The zero-order valence-corrected chi connectivity index (χ0v) is 15.6. The highest BCUT2D eigenvalue weighted by Gasteiger charge is 2.29. The van der Waals surface area contributed by atoms with E-state index in [1.807, 2.05) is 23.1 Å². The molecule has 1 heterocycles. The van der Waals surface area contributed by atoms with Gasteiger partial charge in [-0.15, -0.1) is 0 Å². The number of hydrogen-bond acceptors (Lipinski definition) is 3. The Morgan fingerprint density at radius 2 is 1.71 bits per heavy atom. The van der Waals surface area contributed by atoms with E-state index in [9.17, 15) is 14.4 Å². The molecule has 0 radical (unpaired) electrons. The van der Waals surface area contributed by atoms with E-state index in [0.29, 0.717) is 29.9 Å². The Kier molecular flexibility index (Phi) is 5.10. The standard InChI is InChI=1S/C22H23N3O3/c26-20-5-2-12-25(20)14-15-6-8-16(9-7-15)21(27)23-18-3-1-4-19(13-18)24-22(28)17-10-11-17/h1,3-4,6-9,13,17H,2,5,10-12,14H2,(H,23,27)(H,24,28). The molecular formula is C22H23N3O3. The summed E-state index contributed by atoms with van der Waals surface area (Å²) in [5.74, 6) is 0.146. The molecule has 3 amide bonds. The first kappa shape index (κ1) is 18.2. The number of carbonyl (C=O) groups excluding carboxylic acids is 3. The van der Waals surface area contributed by atoms with Gasteiger partial charge in [0, 0.05) is 42.4 Å². The van der Waals surface area contributed by atoms with E-state index >= 15 is 0 Å². The molecule has 6 heteroatoms. The lowest BCUT2D eigenvalue weighted by Crippen LogP contribution is -2.23. The quantitative estimate of drug-likeness (QED) is 0.810. The van der Waals surface area contributed by atoms with Gasteiger partial charge in [0.15, 0.2) is 0 Å². The zero-order chi connectivity index (χ0) is 19.5. The van der Waals surface area contributed by atoms with E-state index in [4.69, 9.17) is 0 Å². The van der Waals surface area contributed by atoms with Crippen molar-refractivity contribution >= 4 is 29.1 Å². The summed E-state index contributed by atoms with van der Waals surface area (Å²) in [7, 11) is 0. The van der Waals surface area contributed by atoms with Crippen molar-refractivity contribution in [3.8, 4) is 0 Å². The molecule has 0 atom stereocenters. The summed E-state index contributed by atoms with van der Waals surface area (Å²) >= 11 is 0. The summed E-state index contributed by atoms with van der Waals surface area (Å²) in [5, 5.41) is 5.74. The summed E-state index contributed by atoms with van der Waals surface area (Å²) in [6.45, 7) is 1.39. The lowest BCUT2D eigenvalue weighted by Gasteiger charge is -2.15. The summed E-state index contributed by atoms with van der Waals surface area (Å²) in [5.41, 5.74) is 2.87. The van der Waals surface area contributed by atoms with Crippen LogP contribution in [0.15, 0.2) is 48.5 Å². The van der Waals surface area contributed by atoms with E-state index in [2.05, 4.69) is 10.6 Å². The second-order valence-corrected chi connectivity index (χ2v) is 7.41. The third-order valence-electron chi connectivity index (χ3n) is 5.10. The van der Waals surface area contributed by atoms with Crippen molar-refractivity contribution in [2.75, 3.05) is 17.2 Å². The van der Waals surface area contributed by atoms with Crippen LogP contribution in [-0.4, -0.2) is 29.2 Å². The van der Waals surface area contributed by atoms with Crippen molar-refractivity contribution in [3.63, 3.8) is 0 Å². The van der Waals surface area contributed by atoms with E-state index in [1.54, 1.807) is 30.3 Å². The summed E-state index contributed by atoms with van der Waals surface area (Å²) in [6, 6.07) is 14.5. The van der Waals surface area contributed by atoms with Crippen molar-refractivity contribution < 1.29 is 14.4 Å². The number of anilines is 2. The number of carbonyl (C=O) groups is 3. The number of nitrogens with one attached hydrogen (secondary N) is 2. The average Bonchev–Trinajstić information content (AvgIpc) is 3.47. The maximum Gasteiger partial charge on any atom is 0.255 e. The first-order valence-corrected chi connectivity index (χ1v) is 9.67. The van der Waals surface area contributed by atoms with Crippen molar-refractivity contribution in [2.45, 2.75) is 32.2 Å². The van der Waals surface area contributed by atoms with Crippen LogP contribution in [0.4, 0.5) is 11.4 Å². The van der Waals surface area contributed by atoms with Crippen LogP contribution in [-0.2, 0) is 16.1 Å². The number of nitrogens with zero attached hydrogens (tertiary/aromatic N) is 1. The van der Waals surface area contributed by atoms with Gasteiger partial charge in [-0.2, -0.15) is 0 Å². The molecule has 1 saturated carbocycles. The van der Waals surface area contributed by atoms with Crippen molar-refractivity contribution in [1.82, 2.24) is 4.90 Å². The fraction of sp³-hybridized carbons (Fsp3) is 0.318. The minimum absolute atomic E-state index is 0.0375. The van der Waals surface area contributed by atoms with Crippen LogP contribution < -0.4 is 10.6 Å². The molecule has 144 valence electrons. The Hall–Kier alpha value is -3.15. The fourth-order valence-corrected chi connectivity index (χ4v) is 3.32. The molecule has 2 N–H and O–H groups in total. The minimum atomic E-state index is -0.213. The topological polar surface area (TPSA) is 78.5 Å². The number of amides is 3. The molecule has 28 heavy (non-hydrogen) atoms. The maximum atomic E-state index is 12.5. The molecule has 0 bridgehead atoms. The third-order valence-corrected chi connectivity index (χ3v) is 5.10. The van der Waals surface area contributed by atoms with E-state index < -0.39 is 0 Å². The largest absolute Gasteiger partial charge is 0.338 e. The molecule has 0 spiro atoms. The molecule has 1 saturated heterocycles. The number of hydrogen-bond donors (Lipinski definition) is 2. The second-order valence-electron chi connectivity index (χ2n) is 7.41. The Bertz CT molecular complexity index is 903. The molecule has 2 aromatic rings. The Balaban J connectivity index is 1.36. The smallest absolute Gasteiger partial charge is 0.255 e. The maximum absolute atomic E-state index is 12.5. The normalized spacial score (nSPS) is 16.1. The molecule has 2 aromatic carbocycles. The summed E-state index contributed by atoms with van der Waals surface area (Å²) in [6.07, 6.45) is 3.44. The predicted molar refractivity (Wildman–Crippen MR) is 107 cm³/mol. The van der Waals surface area contributed by atoms with Gasteiger partial charge >= 0.3 is 0 Å². The molecule has 2 fully saturated rings. The van der Waals surface area contributed by atoms with E-state index in [0.717, 1.165) is 31.4 Å². The Labute approximate surface area is 163 Å². The van der Waals surface area contributed by atoms with Gasteiger partial charge in [-0.25, -0.2) is 0 Å². The number of rotatable bonds is 6. The van der Waals surface area contributed by atoms with Crippen LogP contribution in [0.3, 0.4) is 0 Å². The molecule has 4 rings (SSSR count). The molecule has 2 aliphatic rings. The zero-order valence-electron chi connectivity index (χ0n) is 15.6. The van der Waals surface area contributed by atoms with Gasteiger partial charge in [0.2, 0.25) is 11.8 Å². The highest BCUT2D eigenvalue weighted by Crippen LogP contribution is 2.30. The number of benzene rings is 2. The van der Waals surface area contributed by atoms with Gasteiger partial charge < -0.3 is 15.5 Å². The molecule has 6 nitrogen and oxygen atoms in total. The van der Waals surface area contributed by atoms with E-state index in [1.165, 1.54) is 0 Å². The first-order valence-electron chi connectivity index (χ1n) is 9.67. The summed E-state index contributed by atoms with van der Waals surface area (Å²) in [4.78, 5) is 38.0. The Morgan fingerprint density at radius 1 is 1.00 bits per heavy atom. The van der Waals surface area contributed by atoms with Crippen LogP contribution in [0.5, 0.6) is 0 Å². The lowest BCUT2D eigenvalue weighted by molar-refractivity contribution is -0.128. The average molecular weight is 377 g/mol. The van der Waals surface area contributed by atoms with Gasteiger partial charge in [0.1, 0.15) is 0 Å². The number of likely N-dealkylation sites (tertiary alicyclic amines) is 1. The van der Waals surface area contributed by atoms with Crippen LogP contribution in [0, 0.1) is 5.92 Å². The van der Waals surface area contributed by atoms with Crippen molar-refractivity contribution in [3.05, 3.63) is 59.7 Å². The minimum Gasteiger partial charge on any atom is -0.338 e. The molecule has 1 aliphatic heterocycles. The second kappa shape index (κ2) is 7.84. The van der Waals surface area contributed by atoms with Crippen LogP contribution in [0.1, 0.15) is 41.6 Å². The van der Waals surface area contributed by atoms with Crippen molar-refractivity contribution in [2.24, 2.45) is 5.92 Å². The SMILES string of the molecule is O=C(Nc1cccc(NC(=O)C2CC2)c1)c1ccc(CN2CCCC2=O)cc1.